The molecule has 28 heavy (non-hydrogen) atoms. The van der Waals surface area contributed by atoms with Crippen LogP contribution in [0.1, 0.15) is 33.3 Å². The third kappa shape index (κ3) is 4.22. The molecule has 1 aliphatic heterocycles. The van der Waals surface area contributed by atoms with E-state index in [1.165, 1.54) is 5.56 Å². The average molecular weight is 416 g/mol. The van der Waals surface area contributed by atoms with Gasteiger partial charge in [-0.15, -0.1) is 0 Å². The Morgan fingerprint density at radius 2 is 2.04 bits per heavy atom. The maximum atomic E-state index is 12.5. The lowest BCUT2D eigenvalue weighted by molar-refractivity contribution is 0.0383. The number of aromatic nitrogens is 2. The van der Waals surface area contributed by atoms with E-state index in [4.69, 9.17) is 33.0 Å². The van der Waals surface area contributed by atoms with Crippen LogP contribution in [0.4, 0.5) is 0 Å². The van der Waals surface area contributed by atoms with Crippen LogP contribution in [0.3, 0.4) is 0 Å². The molecule has 4 rings (SSSR count). The van der Waals surface area contributed by atoms with Gasteiger partial charge < -0.3 is 10.1 Å². The second-order valence-electron chi connectivity index (χ2n) is 6.67. The fourth-order valence-corrected chi connectivity index (χ4v) is 3.79. The molecule has 0 radical (unpaired) electrons. The number of amides is 1. The van der Waals surface area contributed by atoms with E-state index in [0.29, 0.717) is 35.3 Å². The highest BCUT2D eigenvalue weighted by Gasteiger charge is 2.25. The van der Waals surface area contributed by atoms with Gasteiger partial charge in [-0.1, -0.05) is 53.5 Å². The second-order valence-corrected chi connectivity index (χ2v) is 7.51. The van der Waals surface area contributed by atoms with Crippen LogP contribution >= 0.6 is 23.2 Å². The first-order chi connectivity index (χ1) is 13.6. The summed E-state index contributed by atoms with van der Waals surface area (Å²) in [4.78, 5) is 12.5. The molecule has 0 unspecified atom stereocenters. The van der Waals surface area contributed by atoms with E-state index in [2.05, 4.69) is 23.6 Å². The molecule has 2 aromatic carbocycles. The summed E-state index contributed by atoms with van der Waals surface area (Å²) >= 11 is 12.0. The Hall–Kier alpha value is -2.34. The van der Waals surface area contributed by atoms with Crippen molar-refractivity contribution in [2.45, 2.75) is 19.1 Å². The zero-order valence-corrected chi connectivity index (χ0v) is 16.6. The summed E-state index contributed by atoms with van der Waals surface area (Å²) < 4.78 is 7.79. The van der Waals surface area contributed by atoms with Crippen LogP contribution in [0.2, 0.25) is 10.0 Å². The Labute approximate surface area is 173 Å². The summed E-state index contributed by atoms with van der Waals surface area (Å²) in [5, 5.41) is 8.41. The van der Waals surface area contributed by atoms with Gasteiger partial charge >= 0.3 is 0 Å². The third-order valence-electron chi connectivity index (χ3n) is 4.68. The van der Waals surface area contributed by atoms with Crippen molar-refractivity contribution in [3.8, 4) is 0 Å². The highest BCUT2D eigenvalue weighted by atomic mass is 35.5. The molecule has 0 saturated carbocycles. The largest absolute Gasteiger partial charge is 0.370 e. The highest BCUT2D eigenvalue weighted by Crippen LogP contribution is 2.26. The van der Waals surface area contributed by atoms with Crippen molar-refractivity contribution in [3.05, 3.63) is 87.2 Å². The molecule has 5 nitrogen and oxygen atoms in total. The maximum absolute atomic E-state index is 12.5. The van der Waals surface area contributed by atoms with E-state index in [1.807, 2.05) is 22.9 Å². The van der Waals surface area contributed by atoms with Gasteiger partial charge in [-0.25, -0.2) is 0 Å². The second kappa shape index (κ2) is 8.35. The molecule has 0 bridgehead atoms. The summed E-state index contributed by atoms with van der Waals surface area (Å²) in [6.45, 7) is 1.63. The third-order valence-corrected chi connectivity index (χ3v) is 5.22. The molecule has 7 heteroatoms. The fraction of sp³-hybridized carbons (Fsp3) is 0.238. The number of carbonyl (C=O) groups excluding carboxylic acids is 1. The highest BCUT2D eigenvalue weighted by molar-refractivity contribution is 6.36. The predicted octanol–water partition coefficient (Wildman–Crippen LogP) is 4.28. The monoisotopic (exact) mass is 415 g/mol. The summed E-state index contributed by atoms with van der Waals surface area (Å²) in [6, 6.07) is 15.0. The van der Waals surface area contributed by atoms with Gasteiger partial charge in [0.05, 0.1) is 29.4 Å². The molecule has 1 aliphatic rings. The Balaban J connectivity index is 1.45. The number of halogens is 2. The fourth-order valence-electron chi connectivity index (χ4n) is 3.29. The number of hydrogen-bond donors (Lipinski definition) is 1. The average Bonchev–Trinajstić information content (AvgIpc) is 3.10. The molecule has 3 aromatic rings. The number of fused-ring (bicyclic) bond motifs is 1. The maximum Gasteiger partial charge on any atom is 0.252 e. The van der Waals surface area contributed by atoms with E-state index in [9.17, 15) is 4.79 Å². The minimum atomic E-state index is -0.282. The molecule has 1 N–H and O–H groups in total. The minimum absolute atomic E-state index is 0.263. The first kappa shape index (κ1) is 19.0. The Bertz CT molecular complexity index is 989. The van der Waals surface area contributed by atoms with Crippen LogP contribution in [0.5, 0.6) is 0 Å². The van der Waals surface area contributed by atoms with E-state index in [1.54, 1.807) is 18.2 Å². The molecule has 0 fully saturated rings. The first-order valence-electron chi connectivity index (χ1n) is 9.05. The SMILES string of the molecule is O=C(NC[C@H]1OCCc2cn(Cc3ccccc3)nc21)c1ccc(Cl)cc1Cl. The molecule has 2 heterocycles. The molecular weight excluding hydrogens is 397 g/mol. The van der Waals surface area contributed by atoms with Crippen LogP contribution in [-0.2, 0) is 17.7 Å². The molecule has 144 valence electrons. The molecule has 0 saturated heterocycles. The van der Waals surface area contributed by atoms with E-state index in [0.717, 1.165) is 17.7 Å². The van der Waals surface area contributed by atoms with Crippen LogP contribution in [0.15, 0.2) is 54.7 Å². The number of hydrogen-bond acceptors (Lipinski definition) is 3. The molecule has 1 amide bonds. The van der Waals surface area contributed by atoms with E-state index in [-0.39, 0.29) is 12.0 Å². The van der Waals surface area contributed by atoms with Gasteiger partial charge in [0.1, 0.15) is 6.10 Å². The molecule has 1 aromatic heterocycles. The Kier molecular flexibility index (Phi) is 5.67. The van der Waals surface area contributed by atoms with Crippen molar-refractivity contribution in [3.63, 3.8) is 0 Å². The van der Waals surface area contributed by atoms with Crippen molar-refractivity contribution >= 4 is 29.1 Å². The van der Waals surface area contributed by atoms with E-state index < -0.39 is 0 Å². The van der Waals surface area contributed by atoms with Crippen molar-refractivity contribution in [1.82, 2.24) is 15.1 Å². The number of rotatable bonds is 5. The van der Waals surface area contributed by atoms with Crippen molar-refractivity contribution in [2.75, 3.05) is 13.2 Å². The lowest BCUT2D eigenvalue weighted by Crippen LogP contribution is -2.32. The quantitative estimate of drug-likeness (QED) is 0.676. The summed E-state index contributed by atoms with van der Waals surface area (Å²) in [6.07, 6.45) is 2.60. The van der Waals surface area contributed by atoms with Crippen LogP contribution < -0.4 is 5.32 Å². The van der Waals surface area contributed by atoms with Crippen LogP contribution in [0.25, 0.3) is 0 Å². The van der Waals surface area contributed by atoms with Crippen LogP contribution in [0, 0.1) is 0 Å². The van der Waals surface area contributed by atoms with Gasteiger partial charge in [-0.05, 0) is 35.7 Å². The Morgan fingerprint density at radius 1 is 1.21 bits per heavy atom. The number of carbonyl (C=O) groups is 1. The summed E-state index contributed by atoms with van der Waals surface area (Å²) in [5.41, 5.74) is 3.61. The lowest BCUT2D eigenvalue weighted by atomic mass is 10.1. The van der Waals surface area contributed by atoms with Gasteiger partial charge in [0.25, 0.3) is 5.91 Å². The zero-order valence-electron chi connectivity index (χ0n) is 15.1. The number of ether oxygens (including phenoxy) is 1. The van der Waals surface area contributed by atoms with Crippen LogP contribution in [-0.4, -0.2) is 28.8 Å². The zero-order chi connectivity index (χ0) is 19.5. The number of benzene rings is 2. The van der Waals surface area contributed by atoms with E-state index >= 15 is 0 Å². The normalized spacial score (nSPS) is 15.9. The molecule has 1 atom stereocenters. The number of nitrogens with one attached hydrogen (secondary N) is 1. The smallest absolute Gasteiger partial charge is 0.252 e. The Morgan fingerprint density at radius 3 is 2.82 bits per heavy atom. The van der Waals surface area contributed by atoms with Crippen molar-refractivity contribution in [2.24, 2.45) is 0 Å². The lowest BCUT2D eigenvalue weighted by Gasteiger charge is -2.22. The molecular formula is C21H19Cl2N3O2. The predicted molar refractivity (Wildman–Crippen MR) is 109 cm³/mol. The molecule has 0 aliphatic carbocycles. The van der Waals surface area contributed by atoms with Crippen molar-refractivity contribution < 1.29 is 9.53 Å². The first-order valence-corrected chi connectivity index (χ1v) is 9.81. The minimum Gasteiger partial charge on any atom is -0.370 e. The standard InChI is InChI=1S/C21H19Cl2N3O2/c22-16-6-7-17(18(23)10-16)21(27)24-11-19-20-15(8-9-28-19)13-26(25-20)12-14-4-2-1-3-5-14/h1-7,10,13,19H,8-9,11-12H2,(H,24,27)/t19-/m1/s1. The molecule has 0 spiro atoms. The topological polar surface area (TPSA) is 56.1 Å². The summed E-state index contributed by atoms with van der Waals surface area (Å²) in [7, 11) is 0. The van der Waals surface area contributed by atoms with Gasteiger partial charge in [0, 0.05) is 17.8 Å². The van der Waals surface area contributed by atoms with Gasteiger partial charge in [-0.3, -0.25) is 9.48 Å². The summed E-state index contributed by atoms with van der Waals surface area (Å²) in [5.74, 6) is -0.263. The number of nitrogens with zero attached hydrogens (tertiary/aromatic N) is 2. The van der Waals surface area contributed by atoms with Gasteiger partial charge in [-0.2, -0.15) is 5.10 Å². The van der Waals surface area contributed by atoms with Crippen molar-refractivity contribution in [1.29, 1.82) is 0 Å². The van der Waals surface area contributed by atoms with Gasteiger partial charge in [0.15, 0.2) is 0 Å². The van der Waals surface area contributed by atoms with Gasteiger partial charge in [0.2, 0.25) is 0 Å².